The Morgan fingerprint density at radius 3 is 2.48 bits per heavy atom. The maximum absolute atomic E-state index is 12.8. The third-order valence-corrected chi connectivity index (χ3v) is 3.84. The van der Waals surface area contributed by atoms with E-state index < -0.39 is 0 Å². The predicted octanol–water partition coefficient (Wildman–Crippen LogP) is 4.89. The van der Waals surface area contributed by atoms with Crippen molar-refractivity contribution in [2.75, 3.05) is 18.5 Å². The number of nitrogens with one attached hydrogen (secondary N) is 1. The van der Waals surface area contributed by atoms with Crippen LogP contribution >= 0.6 is 0 Å². The zero-order valence-corrected chi connectivity index (χ0v) is 14.4. The molecule has 128 valence electrons. The van der Waals surface area contributed by atoms with E-state index >= 15 is 0 Å². The molecule has 0 unspecified atom stereocenters. The summed E-state index contributed by atoms with van der Waals surface area (Å²) in [4.78, 5) is 12.8. The molecule has 0 saturated carbocycles. The second kappa shape index (κ2) is 7.71. The Morgan fingerprint density at radius 1 is 0.920 bits per heavy atom. The monoisotopic (exact) mass is 335 g/mol. The van der Waals surface area contributed by atoms with Crippen LogP contribution in [-0.2, 0) is 0 Å². The first-order valence-corrected chi connectivity index (χ1v) is 8.41. The van der Waals surface area contributed by atoms with Gasteiger partial charge >= 0.3 is 0 Å². The van der Waals surface area contributed by atoms with Gasteiger partial charge in [0.15, 0.2) is 0 Å². The number of hydrogen-bond acceptors (Lipinski definition) is 3. The molecule has 25 heavy (non-hydrogen) atoms. The van der Waals surface area contributed by atoms with Crippen LogP contribution in [0.25, 0.3) is 10.8 Å². The summed E-state index contributed by atoms with van der Waals surface area (Å²) >= 11 is 0. The minimum absolute atomic E-state index is 0.175. The highest BCUT2D eigenvalue weighted by atomic mass is 16.5. The lowest BCUT2D eigenvalue weighted by Crippen LogP contribution is -2.13. The number of ether oxygens (including phenoxy) is 2. The van der Waals surface area contributed by atoms with Crippen molar-refractivity contribution in [1.29, 1.82) is 0 Å². The van der Waals surface area contributed by atoms with E-state index in [1.807, 2.05) is 68.4 Å². The molecule has 0 aliphatic carbocycles. The van der Waals surface area contributed by atoms with Crippen LogP contribution in [0.4, 0.5) is 5.69 Å². The number of carbonyl (C=O) groups excluding carboxylic acids is 1. The van der Waals surface area contributed by atoms with Gasteiger partial charge in [0.25, 0.3) is 5.91 Å². The molecule has 1 N–H and O–H groups in total. The third kappa shape index (κ3) is 3.74. The largest absolute Gasteiger partial charge is 0.494 e. The summed E-state index contributed by atoms with van der Waals surface area (Å²) in [5.74, 6) is 1.14. The second-order valence-corrected chi connectivity index (χ2v) is 5.50. The van der Waals surface area contributed by atoms with Crippen molar-refractivity contribution in [2.45, 2.75) is 13.8 Å². The van der Waals surface area contributed by atoms with Gasteiger partial charge in [-0.2, -0.15) is 0 Å². The van der Waals surface area contributed by atoms with Gasteiger partial charge in [-0.05, 0) is 42.8 Å². The number of carbonyl (C=O) groups is 1. The normalized spacial score (nSPS) is 10.5. The van der Waals surface area contributed by atoms with Crippen molar-refractivity contribution in [3.63, 3.8) is 0 Å². The Labute approximate surface area is 147 Å². The predicted molar refractivity (Wildman–Crippen MR) is 101 cm³/mol. The molecule has 0 saturated heterocycles. The maximum Gasteiger partial charge on any atom is 0.256 e. The Hall–Kier alpha value is -3.01. The molecule has 4 nitrogen and oxygen atoms in total. The van der Waals surface area contributed by atoms with Crippen molar-refractivity contribution < 1.29 is 14.3 Å². The van der Waals surface area contributed by atoms with Crippen molar-refractivity contribution in [3.05, 3.63) is 66.2 Å². The molecular weight excluding hydrogens is 314 g/mol. The van der Waals surface area contributed by atoms with Crippen LogP contribution in [0, 0.1) is 0 Å². The smallest absolute Gasteiger partial charge is 0.256 e. The highest BCUT2D eigenvalue weighted by Gasteiger charge is 2.13. The lowest BCUT2D eigenvalue weighted by Gasteiger charge is -2.14. The van der Waals surface area contributed by atoms with E-state index in [4.69, 9.17) is 9.47 Å². The number of hydrogen-bond donors (Lipinski definition) is 1. The molecule has 4 heteroatoms. The first-order chi connectivity index (χ1) is 12.2. The Kier molecular flexibility index (Phi) is 5.19. The van der Waals surface area contributed by atoms with Crippen LogP contribution < -0.4 is 14.8 Å². The highest BCUT2D eigenvalue weighted by molar-refractivity contribution is 6.13. The summed E-state index contributed by atoms with van der Waals surface area (Å²) < 4.78 is 11.2. The van der Waals surface area contributed by atoms with Crippen LogP contribution in [0.5, 0.6) is 11.5 Å². The van der Waals surface area contributed by atoms with E-state index in [-0.39, 0.29) is 5.91 Å². The average molecular weight is 335 g/mol. The topological polar surface area (TPSA) is 47.6 Å². The molecule has 0 aromatic heterocycles. The quantitative estimate of drug-likeness (QED) is 0.698. The molecule has 3 aromatic carbocycles. The fourth-order valence-corrected chi connectivity index (χ4v) is 2.76. The summed E-state index contributed by atoms with van der Waals surface area (Å²) in [6.45, 7) is 4.91. The first-order valence-electron chi connectivity index (χ1n) is 8.41. The van der Waals surface area contributed by atoms with Crippen LogP contribution in [0.1, 0.15) is 24.2 Å². The van der Waals surface area contributed by atoms with Gasteiger partial charge in [0.1, 0.15) is 11.5 Å². The van der Waals surface area contributed by atoms with Crippen molar-refractivity contribution in [3.8, 4) is 11.5 Å². The first kappa shape index (κ1) is 16.8. The molecule has 3 aromatic rings. The van der Waals surface area contributed by atoms with E-state index in [2.05, 4.69) is 5.32 Å². The lowest BCUT2D eigenvalue weighted by molar-refractivity contribution is 0.102. The van der Waals surface area contributed by atoms with Crippen LogP contribution in [-0.4, -0.2) is 19.1 Å². The van der Waals surface area contributed by atoms with Crippen LogP contribution in [0.15, 0.2) is 60.7 Å². The van der Waals surface area contributed by atoms with Gasteiger partial charge in [-0.3, -0.25) is 4.79 Å². The van der Waals surface area contributed by atoms with Gasteiger partial charge < -0.3 is 14.8 Å². The molecule has 0 spiro atoms. The molecule has 0 atom stereocenters. The van der Waals surface area contributed by atoms with E-state index in [1.165, 1.54) is 0 Å². The zero-order chi connectivity index (χ0) is 17.6. The second-order valence-electron chi connectivity index (χ2n) is 5.50. The molecule has 0 aliphatic heterocycles. The molecule has 0 aliphatic rings. The van der Waals surface area contributed by atoms with Gasteiger partial charge in [0.2, 0.25) is 0 Å². The highest BCUT2D eigenvalue weighted by Crippen LogP contribution is 2.30. The van der Waals surface area contributed by atoms with E-state index in [1.54, 1.807) is 6.07 Å². The molecule has 0 heterocycles. The zero-order valence-electron chi connectivity index (χ0n) is 14.4. The lowest BCUT2D eigenvalue weighted by atomic mass is 10.0. The van der Waals surface area contributed by atoms with E-state index in [0.717, 1.165) is 10.8 Å². The Bertz CT molecular complexity index is 884. The van der Waals surface area contributed by atoms with E-state index in [0.29, 0.717) is 36.0 Å². The molecule has 0 radical (unpaired) electrons. The summed E-state index contributed by atoms with van der Waals surface area (Å²) in [5, 5.41) is 4.91. The number of amides is 1. The fourth-order valence-electron chi connectivity index (χ4n) is 2.76. The Morgan fingerprint density at radius 2 is 1.68 bits per heavy atom. The summed E-state index contributed by atoms with van der Waals surface area (Å²) in [6.07, 6.45) is 0. The van der Waals surface area contributed by atoms with Gasteiger partial charge in [0.05, 0.1) is 18.9 Å². The SMILES string of the molecule is CCOc1ccc(OCC)c(NC(=O)c2cccc3ccccc23)c1. The number of benzene rings is 3. The van der Waals surface area contributed by atoms with E-state index in [9.17, 15) is 4.79 Å². The standard InChI is InChI=1S/C21H21NO3/c1-3-24-16-12-13-20(25-4-2)19(14-16)22-21(23)18-11-7-9-15-8-5-6-10-17(15)18/h5-14H,3-4H2,1-2H3,(H,22,23). The van der Waals surface area contributed by atoms with Gasteiger partial charge in [-0.1, -0.05) is 36.4 Å². The number of rotatable bonds is 6. The van der Waals surface area contributed by atoms with Gasteiger partial charge in [-0.25, -0.2) is 0 Å². The van der Waals surface area contributed by atoms with Crippen molar-refractivity contribution in [1.82, 2.24) is 0 Å². The molecule has 3 rings (SSSR count). The van der Waals surface area contributed by atoms with Crippen molar-refractivity contribution >= 4 is 22.4 Å². The molecule has 1 amide bonds. The van der Waals surface area contributed by atoms with Crippen molar-refractivity contribution in [2.24, 2.45) is 0 Å². The van der Waals surface area contributed by atoms with Gasteiger partial charge in [-0.15, -0.1) is 0 Å². The van der Waals surface area contributed by atoms with Gasteiger partial charge in [0, 0.05) is 11.6 Å². The molecule has 0 fully saturated rings. The fraction of sp³-hybridized carbons (Fsp3) is 0.190. The summed E-state index contributed by atoms with van der Waals surface area (Å²) in [5.41, 5.74) is 1.23. The maximum atomic E-state index is 12.8. The molecular formula is C21H21NO3. The minimum Gasteiger partial charge on any atom is -0.494 e. The average Bonchev–Trinajstić information content (AvgIpc) is 2.63. The van der Waals surface area contributed by atoms with Crippen LogP contribution in [0.3, 0.4) is 0 Å². The number of anilines is 1. The summed E-state index contributed by atoms with van der Waals surface area (Å²) in [6, 6.07) is 19.0. The Balaban J connectivity index is 1.95. The van der Waals surface area contributed by atoms with Crippen LogP contribution in [0.2, 0.25) is 0 Å². The number of fused-ring (bicyclic) bond motifs is 1. The molecule has 0 bridgehead atoms. The minimum atomic E-state index is -0.175. The summed E-state index contributed by atoms with van der Waals surface area (Å²) in [7, 11) is 0. The third-order valence-electron chi connectivity index (χ3n) is 3.84.